The van der Waals surface area contributed by atoms with Crippen LogP contribution in [0.25, 0.3) is 11.3 Å². The average molecular weight is 423 g/mol. The highest BCUT2D eigenvalue weighted by Crippen LogP contribution is 2.32. The number of hydrogen-bond donors (Lipinski definition) is 2. The molecule has 0 radical (unpaired) electrons. The van der Waals surface area contributed by atoms with Crippen molar-refractivity contribution in [1.82, 2.24) is 15.3 Å². The predicted octanol–water partition coefficient (Wildman–Crippen LogP) is 2.66. The number of carbonyl (C=O) groups excluding carboxylic acids is 1. The van der Waals surface area contributed by atoms with Crippen LogP contribution in [0.4, 0.5) is 5.82 Å². The first kappa shape index (κ1) is 20.7. The molecule has 0 aromatic carbocycles. The number of piperidine rings is 1. The Labute approximate surface area is 171 Å². The van der Waals surface area contributed by atoms with Gasteiger partial charge < -0.3 is 14.8 Å². The zero-order chi connectivity index (χ0) is 20.1. The van der Waals surface area contributed by atoms with Crippen LogP contribution in [0.1, 0.15) is 18.4 Å². The highest BCUT2D eigenvalue weighted by molar-refractivity contribution is 7.79. The maximum Gasteiger partial charge on any atom is 0.223 e. The summed E-state index contributed by atoms with van der Waals surface area (Å²) in [5, 5.41) is 3.29. The highest BCUT2D eigenvalue weighted by atomic mass is 35.5. The van der Waals surface area contributed by atoms with E-state index in [4.69, 9.17) is 16.2 Å². The van der Waals surface area contributed by atoms with Gasteiger partial charge in [0, 0.05) is 43.5 Å². The van der Waals surface area contributed by atoms with Crippen molar-refractivity contribution >= 4 is 34.4 Å². The van der Waals surface area contributed by atoms with Gasteiger partial charge in [-0.05, 0) is 37.5 Å². The number of hydrogen-bond acceptors (Lipinski definition) is 5. The molecule has 1 aliphatic heterocycles. The number of aromatic nitrogens is 2. The van der Waals surface area contributed by atoms with Gasteiger partial charge in [-0.25, -0.2) is 9.19 Å². The molecule has 0 saturated carbocycles. The van der Waals surface area contributed by atoms with Crippen molar-refractivity contribution in [2.45, 2.75) is 19.8 Å². The molecule has 28 heavy (non-hydrogen) atoms. The molecule has 2 aromatic heterocycles. The third-order valence-corrected chi connectivity index (χ3v) is 5.73. The van der Waals surface area contributed by atoms with E-state index in [1.54, 1.807) is 12.4 Å². The van der Waals surface area contributed by atoms with Crippen molar-refractivity contribution in [2.24, 2.45) is 5.92 Å². The zero-order valence-corrected chi connectivity index (χ0v) is 17.2. The van der Waals surface area contributed by atoms with Gasteiger partial charge in [-0.15, -0.1) is 0 Å². The Bertz CT molecular complexity index is 872. The molecule has 3 rings (SSSR count). The SMILES string of the molecule is Cc1cccnc1-c1cc(N2CCC(C(=O)NCCS(=O)O)CC2)ncc1Cl. The van der Waals surface area contributed by atoms with Gasteiger partial charge in [0.25, 0.3) is 0 Å². The largest absolute Gasteiger partial charge is 0.357 e. The topological polar surface area (TPSA) is 95.4 Å². The van der Waals surface area contributed by atoms with Crippen molar-refractivity contribution in [3.05, 3.63) is 41.2 Å². The molecule has 2 N–H and O–H groups in total. The van der Waals surface area contributed by atoms with Gasteiger partial charge in [-0.2, -0.15) is 0 Å². The summed E-state index contributed by atoms with van der Waals surface area (Å²) in [5.41, 5.74) is 2.73. The van der Waals surface area contributed by atoms with E-state index in [1.807, 2.05) is 25.1 Å². The summed E-state index contributed by atoms with van der Waals surface area (Å²) in [5.74, 6) is 0.723. The van der Waals surface area contributed by atoms with Crippen molar-refractivity contribution in [1.29, 1.82) is 0 Å². The normalized spacial score (nSPS) is 16.0. The summed E-state index contributed by atoms with van der Waals surface area (Å²) in [7, 11) is 0. The van der Waals surface area contributed by atoms with Crippen LogP contribution < -0.4 is 10.2 Å². The predicted molar refractivity (Wildman–Crippen MR) is 111 cm³/mol. The smallest absolute Gasteiger partial charge is 0.223 e. The number of nitrogens with one attached hydrogen (secondary N) is 1. The molecule has 1 fully saturated rings. The minimum absolute atomic E-state index is 0.0506. The molecular weight excluding hydrogens is 400 g/mol. The van der Waals surface area contributed by atoms with Crippen LogP contribution in [-0.2, 0) is 15.9 Å². The molecule has 1 amide bonds. The maximum absolute atomic E-state index is 12.2. The molecule has 150 valence electrons. The molecule has 1 unspecified atom stereocenters. The van der Waals surface area contributed by atoms with Gasteiger partial charge in [-0.1, -0.05) is 17.7 Å². The van der Waals surface area contributed by atoms with Gasteiger partial charge in [-0.3, -0.25) is 9.78 Å². The van der Waals surface area contributed by atoms with E-state index in [1.165, 1.54) is 0 Å². The van der Waals surface area contributed by atoms with Crippen molar-refractivity contribution in [2.75, 3.05) is 30.3 Å². The van der Waals surface area contributed by atoms with Crippen LogP contribution in [0.15, 0.2) is 30.6 Å². The summed E-state index contributed by atoms with van der Waals surface area (Å²) in [6.45, 7) is 3.63. The van der Waals surface area contributed by atoms with E-state index in [-0.39, 0.29) is 24.1 Å². The van der Waals surface area contributed by atoms with E-state index in [0.717, 1.165) is 22.6 Å². The van der Waals surface area contributed by atoms with Gasteiger partial charge in [0.1, 0.15) is 5.82 Å². The lowest BCUT2D eigenvalue weighted by molar-refractivity contribution is -0.125. The zero-order valence-electron chi connectivity index (χ0n) is 15.6. The van der Waals surface area contributed by atoms with E-state index < -0.39 is 11.1 Å². The number of amides is 1. The van der Waals surface area contributed by atoms with Gasteiger partial charge in [0.05, 0.1) is 16.5 Å². The highest BCUT2D eigenvalue weighted by Gasteiger charge is 2.26. The molecule has 1 atom stereocenters. The standard InChI is InChI=1S/C19H23ClN4O3S/c1-13-3-2-6-21-18(13)15-11-17(23-12-16(15)20)24-8-4-14(5-9-24)19(25)22-7-10-28(26)27/h2-3,6,11-12,14H,4-5,7-10H2,1H3,(H,22,25)(H,26,27). The third-order valence-electron chi connectivity index (χ3n) is 4.87. The first-order chi connectivity index (χ1) is 13.5. The van der Waals surface area contributed by atoms with E-state index in [0.29, 0.717) is 31.0 Å². The Balaban J connectivity index is 1.65. The first-order valence-corrected chi connectivity index (χ1v) is 10.8. The molecule has 0 spiro atoms. The molecular formula is C19H23ClN4O3S. The number of aryl methyl sites for hydroxylation is 1. The second kappa shape index (κ2) is 9.45. The monoisotopic (exact) mass is 422 g/mol. The second-order valence-corrected chi connectivity index (χ2v) is 8.23. The summed E-state index contributed by atoms with van der Waals surface area (Å²) >= 11 is 4.48. The van der Waals surface area contributed by atoms with Gasteiger partial charge in [0.2, 0.25) is 5.91 Å². The molecule has 9 heteroatoms. The lowest BCUT2D eigenvalue weighted by atomic mass is 9.95. The minimum atomic E-state index is -1.89. The minimum Gasteiger partial charge on any atom is -0.357 e. The molecule has 0 aliphatic carbocycles. The Morgan fingerprint density at radius 2 is 2.14 bits per heavy atom. The van der Waals surface area contributed by atoms with Gasteiger partial charge in [0.15, 0.2) is 11.1 Å². The Morgan fingerprint density at radius 3 is 2.82 bits per heavy atom. The maximum atomic E-state index is 12.2. The lowest BCUT2D eigenvalue weighted by Gasteiger charge is -2.32. The number of carbonyl (C=O) groups is 1. The summed E-state index contributed by atoms with van der Waals surface area (Å²) < 4.78 is 19.4. The Kier molecular flexibility index (Phi) is 6.98. The van der Waals surface area contributed by atoms with E-state index in [2.05, 4.69) is 20.2 Å². The summed E-state index contributed by atoms with van der Waals surface area (Å²) in [6.07, 6.45) is 4.80. The third kappa shape index (κ3) is 5.06. The van der Waals surface area contributed by atoms with Crippen LogP contribution >= 0.6 is 11.6 Å². The summed E-state index contributed by atoms with van der Waals surface area (Å²) in [4.78, 5) is 23.2. The fourth-order valence-corrected chi connectivity index (χ4v) is 3.80. The second-order valence-electron chi connectivity index (χ2n) is 6.77. The molecule has 1 saturated heterocycles. The number of pyridine rings is 2. The fourth-order valence-electron chi connectivity index (χ4n) is 3.33. The molecule has 3 heterocycles. The van der Waals surface area contributed by atoms with Crippen molar-refractivity contribution < 1.29 is 13.6 Å². The lowest BCUT2D eigenvalue weighted by Crippen LogP contribution is -2.41. The van der Waals surface area contributed by atoms with E-state index in [9.17, 15) is 9.00 Å². The van der Waals surface area contributed by atoms with E-state index >= 15 is 0 Å². The number of anilines is 1. The fraction of sp³-hybridized carbons (Fsp3) is 0.421. The number of halogens is 1. The Hall–Kier alpha value is -2.03. The van der Waals surface area contributed by atoms with Crippen LogP contribution in [0.2, 0.25) is 5.02 Å². The quantitative estimate of drug-likeness (QED) is 0.695. The molecule has 0 bridgehead atoms. The van der Waals surface area contributed by atoms with Crippen LogP contribution in [0.5, 0.6) is 0 Å². The van der Waals surface area contributed by atoms with Crippen LogP contribution in [0, 0.1) is 12.8 Å². The molecule has 1 aliphatic rings. The number of nitrogens with zero attached hydrogens (tertiary/aromatic N) is 3. The number of rotatable bonds is 6. The average Bonchev–Trinajstić information content (AvgIpc) is 2.69. The van der Waals surface area contributed by atoms with Gasteiger partial charge >= 0.3 is 0 Å². The molecule has 2 aromatic rings. The first-order valence-electron chi connectivity index (χ1n) is 9.13. The summed E-state index contributed by atoms with van der Waals surface area (Å²) in [6, 6.07) is 5.84. The Morgan fingerprint density at radius 1 is 1.39 bits per heavy atom. The van der Waals surface area contributed by atoms with Crippen LogP contribution in [0.3, 0.4) is 0 Å². The van der Waals surface area contributed by atoms with Crippen molar-refractivity contribution in [3.63, 3.8) is 0 Å². The molecule has 7 nitrogen and oxygen atoms in total. The van der Waals surface area contributed by atoms with Crippen LogP contribution in [-0.4, -0.2) is 50.0 Å². The van der Waals surface area contributed by atoms with Crippen molar-refractivity contribution in [3.8, 4) is 11.3 Å².